The van der Waals surface area contributed by atoms with E-state index in [2.05, 4.69) is 0 Å². The Hall–Kier alpha value is -1.88. The summed E-state index contributed by atoms with van der Waals surface area (Å²) in [4.78, 5) is 22.8. The van der Waals surface area contributed by atoms with Gasteiger partial charge in [-0.15, -0.1) is 0 Å². The molecule has 0 aliphatic carbocycles. The molecular formula is C14H18O5. The number of rotatable bonds is 7. The summed E-state index contributed by atoms with van der Waals surface area (Å²) in [5.41, 5.74) is -1.63. The van der Waals surface area contributed by atoms with Crippen LogP contribution in [0.5, 0.6) is 0 Å². The molecule has 1 unspecified atom stereocenters. The normalized spacial score (nSPS) is 12.9. The molecule has 19 heavy (non-hydrogen) atoms. The van der Waals surface area contributed by atoms with E-state index in [4.69, 9.17) is 4.74 Å². The van der Waals surface area contributed by atoms with E-state index in [9.17, 15) is 19.8 Å². The largest absolute Gasteiger partial charge is 0.479 e. The summed E-state index contributed by atoms with van der Waals surface area (Å²) in [6.07, 6.45) is -0.115. The van der Waals surface area contributed by atoms with E-state index in [-0.39, 0.29) is 6.42 Å². The van der Waals surface area contributed by atoms with Crippen molar-refractivity contribution in [2.45, 2.75) is 38.4 Å². The second kappa shape index (κ2) is 6.33. The van der Waals surface area contributed by atoms with Gasteiger partial charge < -0.3 is 14.9 Å². The van der Waals surface area contributed by atoms with Crippen molar-refractivity contribution in [3.05, 3.63) is 35.9 Å². The van der Waals surface area contributed by atoms with Gasteiger partial charge in [0.05, 0.1) is 6.10 Å². The number of carboxylic acid groups (broad SMARTS) is 2. The van der Waals surface area contributed by atoms with E-state index in [0.717, 1.165) is 0 Å². The third-order valence-electron chi connectivity index (χ3n) is 2.96. The molecule has 0 saturated heterocycles. The molecule has 0 amide bonds. The molecule has 0 radical (unpaired) electrons. The van der Waals surface area contributed by atoms with Crippen molar-refractivity contribution < 1.29 is 24.5 Å². The maximum Gasteiger partial charge on any atom is 0.348 e. The van der Waals surface area contributed by atoms with Crippen molar-refractivity contribution in [1.82, 2.24) is 0 Å². The number of carboxylic acids is 2. The first-order valence-corrected chi connectivity index (χ1v) is 6.11. The van der Waals surface area contributed by atoms with Gasteiger partial charge in [-0.05, 0) is 18.9 Å². The number of carbonyl (C=O) groups is 2. The lowest BCUT2D eigenvalue weighted by atomic mass is 9.94. The first-order chi connectivity index (χ1) is 8.92. The zero-order valence-corrected chi connectivity index (χ0v) is 11.0. The molecule has 1 aromatic rings. The summed E-state index contributed by atoms with van der Waals surface area (Å²) in [6, 6.07) is 8.60. The molecule has 1 atom stereocenters. The molecule has 2 N–H and O–H groups in total. The quantitative estimate of drug-likeness (QED) is 0.737. The Bertz CT molecular complexity index is 426. The number of aliphatic carboxylic acids is 2. The first-order valence-electron chi connectivity index (χ1n) is 6.11. The minimum atomic E-state index is -2.24. The minimum Gasteiger partial charge on any atom is -0.479 e. The minimum absolute atomic E-state index is 0.206. The third kappa shape index (κ3) is 3.54. The van der Waals surface area contributed by atoms with E-state index in [1.807, 2.05) is 6.92 Å². The van der Waals surface area contributed by atoms with E-state index in [0.29, 0.717) is 12.0 Å². The Morgan fingerprint density at radius 2 is 1.74 bits per heavy atom. The van der Waals surface area contributed by atoms with Gasteiger partial charge in [0.15, 0.2) is 0 Å². The molecule has 1 rings (SSSR count). The van der Waals surface area contributed by atoms with Crippen LogP contribution in [0.2, 0.25) is 0 Å². The zero-order chi connectivity index (χ0) is 14.5. The molecule has 1 aromatic carbocycles. The fraction of sp³-hybridized carbons (Fsp3) is 0.429. The van der Waals surface area contributed by atoms with Crippen LogP contribution < -0.4 is 0 Å². The predicted octanol–water partition coefficient (Wildman–Crippen LogP) is 1.95. The highest BCUT2D eigenvalue weighted by atomic mass is 16.6. The zero-order valence-electron chi connectivity index (χ0n) is 11.0. The molecule has 5 heteroatoms. The highest BCUT2D eigenvalue weighted by molar-refractivity contribution is 6.02. The molecule has 104 valence electrons. The van der Waals surface area contributed by atoms with Gasteiger partial charge in [0.25, 0.3) is 5.60 Å². The highest BCUT2D eigenvalue weighted by Gasteiger charge is 2.49. The summed E-state index contributed by atoms with van der Waals surface area (Å²) in [6.45, 7) is 3.47. The highest BCUT2D eigenvalue weighted by Crippen LogP contribution is 2.22. The smallest absolute Gasteiger partial charge is 0.348 e. The van der Waals surface area contributed by atoms with Gasteiger partial charge in [0, 0.05) is 6.42 Å². The molecule has 0 spiro atoms. The van der Waals surface area contributed by atoms with Crippen LogP contribution in [0.1, 0.15) is 25.8 Å². The molecule has 0 bridgehead atoms. The summed E-state index contributed by atoms with van der Waals surface area (Å²) in [5.74, 6) is -2.96. The maximum absolute atomic E-state index is 11.4. The van der Waals surface area contributed by atoms with Crippen LogP contribution >= 0.6 is 0 Å². The van der Waals surface area contributed by atoms with E-state index in [1.165, 1.54) is 0 Å². The van der Waals surface area contributed by atoms with Crippen LogP contribution in [-0.2, 0) is 20.7 Å². The Kier molecular flexibility index (Phi) is 5.06. The number of ether oxygens (including phenoxy) is 1. The Morgan fingerprint density at radius 3 is 2.16 bits per heavy atom. The Morgan fingerprint density at radius 1 is 1.21 bits per heavy atom. The number of benzene rings is 1. The summed E-state index contributed by atoms with van der Waals surface area (Å²) < 4.78 is 5.31. The summed E-state index contributed by atoms with van der Waals surface area (Å²) in [5, 5.41) is 18.6. The molecule has 0 aliphatic heterocycles. The Labute approximate surface area is 111 Å². The van der Waals surface area contributed by atoms with Crippen LogP contribution in [0.15, 0.2) is 30.3 Å². The van der Waals surface area contributed by atoms with Crippen LogP contribution in [0.4, 0.5) is 0 Å². The van der Waals surface area contributed by atoms with Crippen molar-refractivity contribution in [3.63, 3.8) is 0 Å². The van der Waals surface area contributed by atoms with Gasteiger partial charge in [0.2, 0.25) is 0 Å². The van der Waals surface area contributed by atoms with Crippen LogP contribution in [0.3, 0.4) is 0 Å². The fourth-order valence-electron chi connectivity index (χ4n) is 1.70. The van der Waals surface area contributed by atoms with Crippen molar-refractivity contribution in [3.8, 4) is 0 Å². The molecule has 0 aliphatic rings. The molecule has 0 fully saturated rings. The van der Waals surface area contributed by atoms with Gasteiger partial charge in [-0.2, -0.15) is 0 Å². The summed E-state index contributed by atoms with van der Waals surface area (Å²) >= 11 is 0. The number of hydrogen-bond donors (Lipinski definition) is 2. The summed E-state index contributed by atoms with van der Waals surface area (Å²) in [7, 11) is 0. The molecule has 0 saturated carbocycles. The second-order valence-electron chi connectivity index (χ2n) is 4.44. The fourth-order valence-corrected chi connectivity index (χ4v) is 1.70. The average Bonchev–Trinajstić information content (AvgIpc) is 2.38. The first kappa shape index (κ1) is 15.2. The average molecular weight is 266 g/mol. The molecule has 0 heterocycles. The number of hydrogen-bond acceptors (Lipinski definition) is 3. The van der Waals surface area contributed by atoms with Gasteiger partial charge in [-0.25, -0.2) is 9.59 Å². The van der Waals surface area contributed by atoms with Crippen molar-refractivity contribution in [2.24, 2.45) is 0 Å². The second-order valence-corrected chi connectivity index (χ2v) is 4.44. The lowest BCUT2D eigenvalue weighted by molar-refractivity contribution is -0.190. The maximum atomic E-state index is 11.4. The van der Waals surface area contributed by atoms with Crippen LogP contribution in [0.25, 0.3) is 0 Å². The molecule has 5 nitrogen and oxygen atoms in total. The topological polar surface area (TPSA) is 83.8 Å². The lowest BCUT2D eigenvalue weighted by Crippen LogP contribution is -2.52. The Balaban J connectivity index is 3.10. The van der Waals surface area contributed by atoms with Gasteiger partial charge in [-0.1, -0.05) is 37.3 Å². The monoisotopic (exact) mass is 266 g/mol. The lowest BCUT2D eigenvalue weighted by Gasteiger charge is -2.28. The van der Waals surface area contributed by atoms with Gasteiger partial charge in [-0.3, -0.25) is 0 Å². The van der Waals surface area contributed by atoms with E-state index in [1.54, 1.807) is 37.3 Å². The predicted molar refractivity (Wildman–Crippen MR) is 69.0 cm³/mol. The van der Waals surface area contributed by atoms with Crippen molar-refractivity contribution >= 4 is 11.9 Å². The third-order valence-corrected chi connectivity index (χ3v) is 2.96. The van der Waals surface area contributed by atoms with Crippen molar-refractivity contribution in [2.75, 3.05) is 0 Å². The van der Waals surface area contributed by atoms with Crippen LogP contribution in [0, 0.1) is 0 Å². The van der Waals surface area contributed by atoms with E-state index < -0.39 is 23.6 Å². The molecule has 0 aromatic heterocycles. The van der Waals surface area contributed by atoms with Gasteiger partial charge >= 0.3 is 11.9 Å². The van der Waals surface area contributed by atoms with Gasteiger partial charge in [0.1, 0.15) is 0 Å². The SMILES string of the molecule is CCC(C)OC(Cc1ccccc1)(C(=O)O)C(=O)O. The molecular weight excluding hydrogens is 248 g/mol. The van der Waals surface area contributed by atoms with Crippen LogP contribution in [-0.4, -0.2) is 33.9 Å². The van der Waals surface area contributed by atoms with E-state index >= 15 is 0 Å². The standard InChI is InChI=1S/C14H18O5/c1-3-10(2)19-14(12(15)16,13(17)18)9-11-7-5-4-6-8-11/h4-8,10H,3,9H2,1-2H3,(H,15,16)(H,17,18). The van der Waals surface area contributed by atoms with Crippen molar-refractivity contribution in [1.29, 1.82) is 0 Å².